The second-order valence-electron chi connectivity index (χ2n) is 6.07. The molecule has 148 valence electrons. The quantitative estimate of drug-likeness (QED) is 0.689. The number of unbranched alkanes of at least 4 members (excludes halogenated alkanes) is 1. The number of hydrogen-bond donors (Lipinski definition) is 2. The average Bonchev–Trinajstić information content (AvgIpc) is 3.07. The van der Waals surface area contributed by atoms with Crippen molar-refractivity contribution in [1.29, 1.82) is 0 Å². The Morgan fingerprint density at radius 1 is 1.15 bits per heavy atom. The highest BCUT2D eigenvalue weighted by Crippen LogP contribution is 2.38. The number of nitrogen functional groups attached to an aromatic ring is 1. The van der Waals surface area contributed by atoms with Crippen molar-refractivity contribution in [3.63, 3.8) is 0 Å². The number of nitrogens with one attached hydrogen (secondary N) is 1. The van der Waals surface area contributed by atoms with Crippen molar-refractivity contribution in [2.75, 3.05) is 36.3 Å². The van der Waals surface area contributed by atoms with E-state index in [0.717, 1.165) is 25.1 Å². The molecule has 0 fully saturated rings. The summed E-state index contributed by atoms with van der Waals surface area (Å²) in [7, 11) is 2.05. The van der Waals surface area contributed by atoms with E-state index in [1.54, 1.807) is 12.1 Å². The van der Waals surface area contributed by atoms with Gasteiger partial charge in [-0.3, -0.25) is 4.79 Å². The fourth-order valence-corrected chi connectivity index (χ4v) is 2.65. The lowest BCUT2D eigenvalue weighted by Gasteiger charge is -2.19. The number of nitrogens with two attached hydrogens (primary N) is 1. The van der Waals surface area contributed by atoms with E-state index in [9.17, 15) is 4.79 Å². The zero-order valence-electron chi connectivity index (χ0n) is 15.4. The molecule has 1 aliphatic rings. The van der Waals surface area contributed by atoms with Crippen LogP contribution in [0.15, 0.2) is 36.4 Å². The Morgan fingerprint density at radius 3 is 2.41 bits per heavy atom. The third-order valence-corrected chi connectivity index (χ3v) is 4.21. The molecule has 6 nitrogen and oxygen atoms in total. The lowest BCUT2D eigenvalue weighted by Crippen LogP contribution is -2.18. The molecule has 3 rings (SSSR count). The van der Waals surface area contributed by atoms with Gasteiger partial charge in [0.2, 0.25) is 6.79 Å². The first-order valence-corrected chi connectivity index (χ1v) is 8.40. The number of nitrogens with zero attached hydrogens (tertiary/aromatic N) is 1. The Hall–Kier alpha value is -2.31. The number of ether oxygens (including phenoxy) is 2. The monoisotopic (exact) mass is 413 g/mol. The van der Waals surface area contributed by atoms with E-state index in [2.05, 4.69) is 24.2 Å². The van der Waals surface area contributed by atoms with Gasteiger partial charge in [-0.2, -0.15) is 0 Å². The van der Waals surface area contributed by atoms with Crippen LogP contribution in [0, 0.1) is 0 Å². The fraction of sp³-hybridized carbons (Fsp3) is 0.316. The van der Waals surface area contributed by atoms with Crippen molar-refractivity contribution in [3.8, 4) is 11.5 Å². The maximum atomic E-state index is 12.5. The summed E-state index contributed by atoms with van der Waals surface area (Å²) in [4.78, 5) is 14.6. The zero-order valence-corrected chi connectivity index (χ0v) is 17.0. The van der Waals surface area contributed by atoms with E-state index in [0.29, 0.717) is 28.4 Å². The molecule has 0 atom stereocenters. The molecule has 0 radical (unpaired) electrons. The minimum atomic E-state index is -0.215. The second kappa shape index (κ2) is 10.1. The van der Waals surface area contributed by atoms with Crippen molar-refractivity contribution in [2.24, 2.45) is 0 Å². The van der Waals surface area contributed by atoms with Gasteiger partial charge < -0.3 is 25.4 Å². The summed E-state index contributed by atoms with van der Waals surface area (Å²) in [5.41, 5.74) is 8.59. The Bertz CT molecular complexity index is 770. The van der Waals surface area contributed by atoms with Gasteiger partial charge in [0, 0.05) is 37.0 Å². The third-order valence-electron chi connectivity index (χ3n) is 4.21. The minimum Gasteiger partial charge on any atom is -0.454 e. The lowest BCUT2D eigenvalue weighted by molar-refractivity contribution is 0.102. The molecule has 1 aliphatic heterocycles. The van der Waals surface area contributed by atoms with Crippen LogP contribution < -0.4 is 25.4 Å². The van der Waals surface area contributed by atoms with Crippen molar-refractivity contribution < 1.29 is 14.3 Å². The smallest absolute Gasteiger partial charge is 0.255 e. The first-order chi connectivity index (χ1) is 12.1. The number of hydrogen-bond acceptors (Lipinski definition) is 5. The molecule has 0 aliphatic carbocycles. The van der Waals surface area contributed by atoms with E-state index in [1.165, 1.54) is 0 Å². The molecule has 2 aromatic rings. The molecular weight excluding hydrogens is 389 g/mol. The molecule has 0 saturated heterocycles. The van der Waals surface area contributed by atoms with Crippen LogP contribution in [0.25, 0.3) is 0 Å². The Kier molecular flexibility index (Phi) is 8.53. The second-order valence-corrected chi connectivity index (χ2v) is 6.07. The first kappa shape index (κ1) is 22.7. The van der Waals surface area contributed by atoms with E-state index >= 15 is 0 Å². The van der Waals surface area contributed by atoms with E-state index in [-0.39, 0.29) is 37.5 Å². The molecule has 0 spiro atoms. The van der Waals surface area contributed by atoms with Crippen molar-refractivity contribution in [1.82, 2.24) is 0 Å². The number of fused-ring (bicyclic) bond motifs is 1. The normalized spacial score (nSPS) is 11.2. The average molecular weight is 414 g/mol. The minimum absolute atomic E-state index is 0. The molecule has 3 N–H and O–H groups in total. The van der Waals surface area contributed by atoms with Crippen molar-refractivity contribution >= 4 is 47.8 Å². The van der Waals surface area contributed by atoms with Gasteiger partial charge in [-0.25, -0.2) is 0 Å². The highest BCUT2D eigenvalue weighted by atomic mass is 35.5. The highest BCUT2D eigenvalue weighted by Gasteiger charge is 2.17. The number of anilines is 3. The zero-order chi connectivity index (χ0) is 17.8. The van der Waals surface area contributed by atoms with Crippen LogP contribution in [0.4, 0.5) is 17.1 Å². The van der Waals surface area contributed by atoms with Gasteiger partial charge in [0.05, 0.1) is 11.4 Å². The third kappa shape index (κ3) is 5.34. The van der Waals surface area contributed by atoms with E-state index in [4.69, 9.17) is 15.2 Å². The predicted molar refractivity (Wildman–Crippen MR) is 114 cm³/mol. The molecular formula is C19H25Cl2N3O3. The number of amides is 1. The van der Waals surface area contributed by atoms with Gasteiger partial charge >= 0.3 is 0 Å². The maximum absolute atomic E-state index is 12.5. The van der Waals surface area contributed by atoms with Crippen LogP contribution in [-0.4, -0.2) is 26.3 Å². The maximum Gasteiger partial charge on any atom is 0.255 e. The molecule has 0 aromatic heterocycles. The van der Waals surface area contributed by atoms with Crippen LogP contribution >= 0.6 is 24.8 Å². The van der Waals surface area contributed by atoms with Gasteiger partial charge in [0.25, 0.3) is 5.91 Å². The summed E-state index contributed by atoms with van der Waals surface area (Å²) in [5.74, 6) is 0.959. The molecule has 1 amide bonds. The molecule has 0 bridgehead atoms. The van der Waals surface area contributed by atoms with Crippen LogP contribution in [0.5, 0.6) is 11.5 Å². The molecule has 27 heavy (non-hydrogen) atoms. The van der Waals surface area contributed by atoms with Crippen LogP contribution in [0.1, 0.15) is 30.1 Å². The molecule has 2 aromatic carbocycles. The molecule has 0 saturated carbocycles. The van der Waals surface area contributed by atoms with Gasteiger partial charge in [-0.15, -0.1) is 24.8 Å². The summed E-state index contributed by atoms with van der Waals surface area (Å²) in [6, 6.07) is 10.9. The number of carbonyl (C=O) groups excluding carboxylic acids is 1. The molecule has 8 heteroatoms. The predicted octanol–water partition coefficient (Wildman–Crippen LogP) is 4.33. The van der Waals surface area contributed by atoms with Gasteiger partial charge in [-0.1, -0.05) is 13.3 Å². The number of rotatable bonds is 6. The van der Waals surface area contributed by atoms with Gasteiger partial charge in [0.1, 0.15) is 0 Å². The first-order valence-electron chi connectivity index (χ1n) is 8.40. The molecule has 0 unspecified atom stereocenters. The van der Waals surface area contributed by atoms with Crippen LogP contribution in [-0.2, 0) is 0 Å². The van der Waals surface area contributed by atoms with Crippen LogP contribution in [0.2, 0.25) is 0 Å². The van der Waals surface area contributed by atoms with E-state index in [1.807, 2.05) is 24.3 Å². The number of halogens is 2. The van der Waals surface area contributed by atoms with Gasteiger partial charge in [0.15, 0.2) is 11.5 Å². The summed E-state index contributed by atoms with van der Waals surface area (Å²) >= 11 is 0. The Balaban J connectivity index is 0.00000182. The molecule has 1 heterocycles. The summed E-state index contributed by atoms with van der Waals surface area (Å²) in [5, 5.41) is 2.83. The largest absolute Gasteiger partial charge is 0.454 e. The van der Waals surface area contributed by atoms with Crippen LogP contribution in [0.3, 0.4) is 0 Å². The standard InChI is InChI=1S/C19H23N3O3.2ClH/c1-3-4-9-22(2)14-7-5-13(6-8-14)19(23)21-16-11-18-17(10-15(16)20)24-12-25-18;;/h5-8,10-11H,3-4,9,12,20H2,1-2H3,(H,21,23);2*1H. The lowest BCUT2D eigenvalue weighted by atomic mass is 10.1. The van der Waals surface area contributed by atoms with Crippen molar-refractivity contribution in [3.05, 3.63) is 42.0 Å². The topological polar surface area (TPSA) is 76.8 Å². The van der Waals surface area contributed by atoms with Gasteiger partial charge in [-0.05, 0) is 30.7 Å². The highest BCUT2D eigenvalue weighted by molar-refractivity contribution is 6.06. The summed E-state index contributed by atoms with van der Waals surface area (Å²) in [6.45, 7) is 3.33. The Labute approximate surface area is 171 Å². The van der Waals surface area contributed by atoms with Crippen molar-refractivity contribution in [2.45, 2.75) is 19.8 Å². The SMILES string of the molecule is CCCCN(C)c1ccc(C(=O)Nc2cc3c(cc2N)OCO3)cc1.Cl.Cl. The summed E-state index contributed by atoms with van der Waals surface area (Å²) in [6.07, 6.45) is 2.30. The fourth-order valence-electron chi connectivity index (χ4n) is 2.65. The number of carbonyl (C=O) groups is 1. The Morgan fingerprint density at radius 2 is 1.78 bits per heavy atom. The summed E-state index contributed by atoms with van der Waals surface area (Å²) < 4.78 is 10.6. The van der Waals surface area contributed by atoms with E-state index < -0.39 is 0 Å². The number of benzene rings is 2.